The lowest BCUT2D eigenvalue weighted by molar-refractivity contribution is 0.0547. The Morgan fingerprint density at radius 2 is 1.16 bits per heavy atom. The first-order valence-electron chi connectivity index (χ1n) is 10.6. The van der Waals surface area contributed by atoms with Gasteiger partial charge < -0.3 is 5.11 Å². The SMILES string of the molecule is O=C1c2ccccc2C(=O)N1CC(CCO)N(Cc1ccccc1)Cc1ccccc1. The molecule has 5 heteroatoms. The molecule has 0 spiro atoms. The highest BCUT2D eigenvalue weighted by Crippen LogP contribution is 2.25. The van der Waals surface area contributed by atoms with Crippen molar-refractivity contribution in [3.63, 3.8) is 0 Å². The molecule has 2 amide bonds. The fourth-order valence-electron chi connectivity index (χ4n) is 4.10. The average molecular weight is 415 g/mol. The van der Waals surface area contributed by atoms with Gasteiger partial charge in [0.1, 0.15) is 0 Å². The maximum absolute atomic E-state index is 12.9. The Bertz CT molecular complexity index is 960. The molecule has 0 aliphatic carbocycles. The summed E-state index contributed by atoms with van der Waals surface area (Å²) in [5.74, 6) is -0.522. The average Bonchev–Trinajstić information content (AvgIpc) is 3.05. The summed E-state index contributed by atoms with van der Waals surface area (Å²) in [5.41, 5.74) is 3.19. The molecule has 1 atom stereocenters. The van der Waals surface area contributed by atoms with E-state index in [-0.39, 0.29) is 31.0 Å². The largest absolute Gasteiger partial charge is 0.396 e. The van der Waals surface area contributed by atoms with Gasteiger partial charge in [-0.1, -0.05) is 72.8 Å². The van der Waals surface area contributed by atoms with Crippen LogP contribution >= 0.6 is 0 Å². The molecule has 158 valence electrons. The third-order valence-electron chi connectivity index (χ3n) is 5.71. The highest BCUT2D eigenvalue weighted by atomic mass is 16.3. The Kier molecular flexibility index (Phi) is 6.55. The topological polar surface area (TPSA) is 60.9 Å². The van der Waals surface area contributed by atoms with E-state index in [0.717, 1.165) is 11.1 Å². The first-order chi connectivity index (χ1) is 15.2. The van der Waals surface area contributed by atoms with Crippen molar-refractivity contribution in [2.75, 3.05) is 13.2 Å². The molecule has 0 fully saturated rings. The maximum Gasteiger partial charge on any atom is 0.261 e. The van der Waals surface area contributed by atoms with Crippen LogP contribution in [0.15, 0.2) is 84.9 Å². The minimum atomic E-state index is -0.261. The fourth-order valence-corrected chi connectivity index (χ4v) is 4.10. The molecular formula is C26H26N2O3. The summed E-state index contributed by atoms with van der Waals surface area (Å²) in [4.78, 5) is 29.4. The van der Waals surface area contributed by atoms with E-state index in [1.807, 2.05) is 36.4 Å². The molecule has 1 aliphatic rings. The van der Waals surface area contributed by atoms with Crippen LogP contribution in [-0.4, -0.2) is 45.9 Å². The van der Waals surface area contributed by atoms with Gasteiger partial charge in [-0.05, 0) is 29.7 Å². The number of aliphatic hydroxyl groups is 1. The fraction of sp³-hybridized carbons (Fsp3) is 0.231. The molecule has 0 aromatic heterocycles. The maximum atomic E-state index is 12.9. The highest BCUT2D eigenvalue weighted by Gasteiger charge is 2.37. The molecule has 4 rings (SSSR count). The zero-order chi connectivity index (χ0) is 21.6. The number of nitrogens with zero attached hydrogens (tertiary/aromatic N) is 2. The van der Waals surface area contributed by atoms with Crippen molar-refractivity contribution in [2.24, 2.45) is 0 Å². The molecule has 1 heterocycles. The summed E-state index contributed by atoms with van der Waals surface area (Å²) < 4.78 is 0. The Labute approximate surface area is 182 Å². The van der Waals surface area contributed by atoms with E-state index in [0.29, 0.717) is 30.6 Å². The van der Waals surface area contributed by atoms with Crippen molar-refractivity contribution >= 4 is 11.8 Å². The zero-order valence-electron chi connectivity index (χ0n) is 17.4. The van der Waals surface area contributed by atoms with Crippen molar-refractivity contribution < 1.29 is 14.7 Å². The minimum Gasteiger partial charge on any atom is -0.396 e. The van der Waals surface area contributed by atoms with Gasteiger partial charge >= 0.3 is 0 Å². The third-order valence-corrected chi connectivity index (χ3v) is 5.71. The van der Waals surface area contributed by atoms with E-state index >= 15 is 0 Å². The van der Waals surface area contributed by atoms with Gasteiger partial charge in [-0.2, -0.15) is 0 Å². The minimum absolute atomic E-state index is 0.0199. The first-order valence-corrected chi connectivity index (χ1v) is 10.6. The lowest BCUT2D eigenvalue weighted by Crippen LogP contribution is -2.46. The molecule has 1 unspecified atom stereocenters. The smallest absolute Gasteiger partial charge is 0.261 e. The van der Waals surface area contributed by atoms with Crippen LogP contribution in [0.5, 0.6) is 0 Å². The summed E-state index contributed by atoms with van der Waals surface area (Å²) in [6.45, 7) is 1.54. The van der Waals surface area contributed by atoms with Crippen LogP contribution in [0.25, 0.3) is 0 Å². The number of aliphatic hydroxyl groups excluding tert-OH is 1. The number of hydrogen-bond donors (Lipinski definition) is 1. The number of imide groups is 1. The molecule has 0 radical (unpaired) electrons. The molecule has 5 nitrogen and oxygen atoms in total. The van der Waals surface area contributed by atoms with Gasteiger partial charge in [-0.25, -0.2) is 0 Å². The number of fused-ring (bicyclic) bond motifs is 1. The third kappa shape index (κ3) is 4.74. The molecule has 3 aromatic rings. The Morgan fingerprint density at radius 1 is 0.710 bits per heavy atom. The predicted octanol–water partition coefficient (Wildman–Crippen LogP) is 3.74. The van der Waals surface area contributed by atoms with Crippen LogP contribution < -0.4 is 0 Å². The van der Waals surface area contributed by atoms with Crippen LogP contribution in [0, 0.1) is 0 Å². The molecule has 1 N–H and O–H groups in total. The van der Waals surface area contributed by atoms with Crippen molar-refractivity contribution in [1.82, 2.24) is 9.80 Å². The van der Waals surface area contributed by atoms with Gasteiger partial charge in [0.05, 0.1) is 11.1 Å². The van der Waals surface area contributed by atoms with E-state index in [1.54, 1.807) is 24.3 Å². The van der Waals surface area contributed by atoms with Crippen LogP contribution in [-0.2, 0) is 13.1 Å². The Hall–Kier alpha value is -3.28. The van der Waals surface area contributed by atoms with E-state index in [4.69, 9.17) is 0 Å². The number of benzene rings is 3. The summed E-state index contributed by atoms with van der Waals surface area (Å²) >= 11 is 0. The highest BCUT2D eigenvalue weighted by molar-refractivity contribution is 6.21. The van der Waals surface area contributed by atoms with E-state index in [9.17, 15) is 14.7 Å². The van der Waals surface area contributed by atoms with Crippen molar-refractivity contribution in [3.05, 3.63) is 107 Å². The molecule has 3 aromatic carbocycles. The van der Waals surface area contributed by atoms with E-state index in [1.165, 1.54) is 4.90 Å². The summed E-state index contributed by atoms with van der Waals surface area (Å²) in [7, 11) is 0. The van der Waals surface area contributed by atoms with Gasteiger partial charge in [0.2, 0.25) is 0 Å². The van der Waals surface area contributed by atoms with Crippen molar-refractivity contribution in [3.8, 4) is 0 Å². The van der Waals surface area contributed by atoms with Crippen molar-refractivity contribution in [2.45, 2.75) is 25.6 Å². The second-order valence-corrected chi connectivity index (χ2v) is 7.81. The Morgan fingerprint density at radius 3 is 1.61 bits per heavy atom. The van der Waals surface area contributed by atoms with Crippen molar-refractivity contribution in [1.29, 1.82) is 0 Å². The van der Waals surface area contributed by atoms with Crippen LogP contribution in [0.3, 0.4) is 0 Å². The number of carbonyl (C=O) groups excluding carboxylic acids is 2. The quantitative estimate of drug-likeness (QED) is 0.542. The van der Waals surface area contributed by atoms with Gasteiger partial charge in [0.15, 0.2) is 0 Å². The zero-order valence-corrected chi connectivity index (χ0v) is 17.4. The number of rotatable bonds is 9. The summed E-state index contributed by atoms with van der Waals surface area (Å²) in [6, 6.07) is 27.0. The van der Waals surface area contributed by atoms with Crippen LogP contribution in [0.2, 0.25) is 0 Å². The predicted molar refractivity (Wildman–Crippen MR) is 119 cm³/mol. The van der Waals surface area contributed by atoms with Gasteiger partial charge in [-0.15, -0.1) is 0 Å². The Balaban J connectivity index is 1.60. The first kappa shape index (κ1) is 21.0. The lowest BCUT2D eigenvalue weighted by Gasteiger charge is -2.34. The summed E-state index contributed by atoms with van der Waals surface area (Å²) in [6.07, 6.45) is 0.465. The van der Waals surface area contributed by atoms with E-state index in [2.05, 4.69) is 29.2 Å². The normalized spacial score (nSPS) is 14.2. The van der Waals surface area contributed by atoms with Gasteiger partial charge in [0.25, 0.3) is 11.8 Å². The molecule has 1 aliphatic heterocycles. The monoisotopic (exact) mass is 414 g/mol. The molecule has 0 saturated heterocycles. The standard InChI is InChI=1S/C26H26N2O3/c29-16-15-22(19-28-25(30)23-13-7-8-14-24(23)26(28)31)27(17-20-9-3-1-4-10-20)18-21-11-5-2-6-12-21/h1-14,22,29H,15-19H2. The molecule has 0 saturated carbocycles. The van der Waals surface area contributed by atoms with Gasteiger partial charge in [-0.3, -0.25) is 19.4 Å². The number of hydrogen-bond acceptors (Lipinski definition) is 4. The summed E-state index contributed by atoms with van der Waals surface area (Å²) in [5, 5.41) is 9.78. The molecule has 0 bridgehead atoms. The van der Waals surface area contributed by atoms with Crippen LogP contribution in [0.1, 0.15) is 38.3 Å². The van der Waals surface area contributed by atoms with Crippen LogP contribution in [0.4, 0.5) is 0 Å². The molecular weight excluding hydrogens is 388 g/mol. The lowest BCUT2D eigenvalue weighted by atomic mass is 10.1. The number of amides is 2. The second-order valence-electron chi connectivity index (χ2n) is 7.81. The number of carbonyl (C=O) groups is 2. The van der Waals surface area contributed by atoms with E-state index < -0.39 is 0 Å². The second kappa shape index (κ2) is 9.69. The molecule has 31 heavy (non-hydrogen) atoms. The van der Waals surface area contributed by atoms with Gasteiger partial charge in [0, 0.05) is 32.3 Å².